The van der Waals surface area contributed by atoms with E-state index < -0.39 is 0 Å². The van der Waals surface area contributed by atoms with E-state index in [1.54, 1.807) is 0 Å². The quantitative estimate of drug-likeness (QED) is 0.451. The van der Waals surface area contributed by atoms with Gasteiger partial charge in [0.15, 0.2) is 0 Å². The second-order valence-electron chi connectivity index (χ2n) is 10.4. The van der Waals surface area contributed by atoms with Crippen molar-refractivity contribution >= 4 is 11.4 Å². The van der Waals surface area contributed by atoms with Gasteiger partial charge in [0.05, 0.1) is 12.2 Å². The highest BCUT2D eigenvalue weighted by molar-refractivity contribution is 5.70. The maximum absolute atomic E-state index is 6.34. The van der Waals surface area contributed by atoms with E-state index in [1.807, 2.05) is 0 Å². The maximum atomic E-state index is 6.34. The summed E-state index contributed by atoms with van der Waals surface area (Å²) >= 11 is 0. The van der Waals surface area contributed by atoms with Gasteiger partial charge in [-0.1, -0.05) is 55.5 Å². The van der Waals surface area contributed by atoms with Gasteiger partial charge in [0.25, 0.3) is 0 Å². The average Bonchev–Trinajstić information content (AvgIpc) is 3.44. The molecule has 3 heteroatoms. The monoisotopic (exact) mass is 427 g/mol. The van der Waals surface area contributed by atoms with Gasteiger partial charge in [-0.15, -0.1) is 0 Å². The Hall–Kier alpha value is -2.36. The third-order valence-electron chi connectivity index (χ3n) is 8.11. The highest BCUT2D eigenvalue weighted by Gasteiger charge is 2.67. The van der Waals surface area contributed by atoms with Crippen LogP contribution in [0.3, 0.4) is 0 Å². The lowest BCUT2D eigenvalue weighted by Gasteiger charge is -2.31. The number of rotatable bonds is 7. The van der Waals surface area contributed by atoms with E-state index in [4.69, 9.17) is 9.47 Å². The molecule has 2 aromatic rings. The van der Waals surface area contributed by atoms with Gasteiger partial charge in [-0.05, 0) is 85.6 Å². The molecule has 1 spiro atoms. The summed E-state index contributed by atoms with van der Waals surface area (Å²) in [6, 6.07) is 21.1. The molecule has 0 aliphatic heterocycles. The van der Waals surface area contributed by atoms with Crippen LogP contribution in [0.4, 0.5) is 11.4 Å². The summed E-state index contributed by atoms with van der Waals surface area (Å²) in [5.41, 5.74) is 4.16. The normalized spacial score (nSPS) is 34.7. The lowest BCUT2D eigenvalue weighted by molar-refractivity contribution is -0.123. The van der Waals surface area contributed by atoms with Gasteiger partial charge < -0.3 is 14.4 Å². The Morgan fingerprint density at radius 1 is 0.906 bits per heavy atom. The Balaban J connectivity index is 1.08. The zero-order valence-corrected chi connectivity index (χ0v) is 18.9. The Kier molecular flexibility index (Phi) is 5.20. The molecule has 4 aliphatic carbocycles. The molecule has 0 radical (unpaired) electrons. The van der Waals surface area contributed by atoms with Crippen LogP contribution >= 0.6 is 0 Å². The third-order valence-corrected chi connectivity index (χ3v) is 8.11. The minimum atomic E-state index is 0.0833. The van der Waals surface area contributed by atoms with Crippen molar-refractivity contribution in [1.29, 1.82) is 0 Å². The van der Waals surface area contributed by atoms with Crippen molar-refractivity contribution in [3.8, 4) is 0 Å². The van der Waals surface area contributed by atoms with E-state index in [1.165, 1.54) is 31.4 Å². The fourth-order valence-electron chi connectivity index (χ4n) is 6.81. The molecule has 2 aromatic carbocycles. The number of benzene rings is 2. The molecule has 6 atom stereocenters. The van der Waals surface area contributed by atoms with Crippen LogP contribution in [-0.4, -0.2) is 19.0 Å². The Bertz CT molecular complexity index is 961. The second kappa shape index (κ2) is 8.20. The van der Waals surface area contributed by atoms with Crippen LogP contribution in [0.5, 0.6) is 0 Å². The minimum absolute atomic E-state index is 0.0833. The zero-order valence-electron chi connectivity index (χ0n) is 18.9. The van der Waals surface area contributed by atoms with Crippen molar-refractivity contribution in [2.24, 2.45) is 23.2 Å². The third kappa shape index (κ3) is 3.72. The predicted molar refractivity (Wildman–Crippen MR) is 129 cm³/mol. The highest BCUT2D eigenvalue weighted by atomic mass is 16.7. The van der Waals surface area contributed by atoms with E-state index in [9.17, 15) is 0 Å². The van der Waals surface area contributed by atoms with Crippen molar-refractivity contribution in [2.45, 2.75) is 51.2 Å². The van der Waals surface area contributed by atoms with Gasteiger partial charge in [-0.2, -0.15) is 0 Å². The van der Waals surface area contributed by atoms with Gasteiger partial charge in [-0.3, -0.25) is 0 Å². The van der Waals surface area contributed by atoms with E-state index >= 15 is 0 Å². The number of para-hydroxylation sites is 2. The summed E-state index contributed by atoms with van der Waals surface area (Å²) in [6.07, 6.45) is 13.6. The van der Waals surface area contributed by atoms with Crippen molar-refractivity contribution < 1.29 is 9.47 Å². The first kappa shape index (κ1) is 20.3. The van der Waals surface area contributed by atoms with Gasteiger partial charge in [-0.25, -0.2) is 0 Å². The number of fused-ring (bicyclic) bond motifs is 1. The molecule has 2 bridgehead atoms. The molecule has 3 fully saturated rings. The van der Waals surface area contributed by atoms with Crippen LogP contribution in [0.2, 0.25) is 0 Å². The minimum Gasteiger partial charge on any atom is -0.352 e. The first-order valence-electron chi connectivity index (χ1n) is 12.2. The summed E-state index contributed by atoms with van der Waals surface area (Å²) in [4.78, 5) is 2.30. The van der Waals surface area contributed by atoms with Crippen molar-refractivity contribution in [3.63, 3.8) is 0 Å². The fourth-order valence-corrected chi connectivity index (χ4v) is 6.81. The van der Waals surface area contributed by atoms with Gasteiger partial charge in [0.2, 0.25) is 0 Å². The predicted octanol–water partition coefficient (Wildman–Crippen LogP) is 6.85. The van der Waals surface area contributed by atoms with Gasteiger partial charge in [0.1, 0.15) is 6.79 Å². The molecule has 32 heavy (non-hydrogen) atoms. The van der Waals surface area contributed by atoms with Gasteiger partial charge >= 0.3 is 0 Å². The molecule has 0 aromatic heterocycles. The number of nitrogens with zero attached hydrogens (tertiary/aromatic N) is 1. The Morgan fingerprint density at radius 2 is 1.62 bits per heavy atom. The number of hydrogen-bond donors (Lipinski definition) is 0. The SMILES string of the molecule is CC1CC2CC3(C1)CC3C2OCOC1C=CC(N(c2ccccc2)c2ccccc2)=CC1. The number of ether oxygens (including phenoxy) is 2. The molecule has 6 unspecified atom stereocenters. The van der Waals surface area contributed by atoms with Crippen molar-refractivity contribution in [3.05, 3.63) is 84.6 Å². The van der Waals surface area contributed by atoms with E-state index in [2.05, 4.69) is 90.7 Å². The largest absolute Gasteiger partial charge is 0.352 e. The average molecular weight is 428 g/mol. The summed E-state index contributed by atoms with van der Waals surface area (Å²) < 4.78 is 12.5. The van der Waals surface area contributed by atoms with Crippen molar-refractivity contribution in [1.82, 2.24) is 0 Å². The summed E-state index contributed by atoms with van der Waals surface area (Å²) in [6.45, 7) is 2.84. The van der Waals surface area contributed by atoms with Crippen LogP contribution in [-0.2, 0) is 9.47 Å². The number of allylic oxidation sites excluding steroid dienone is 1. The smallest absolute Gasteiger partial charge is 0.147 e. The van der Waals surface area contributed by atoms with Crippen molar-refractivity contribution in [2.75, 3.05) is 11.7 Å². The molecule has 166 valence electrons. The molecule has 3 nitrogen and oxygen atoms in total. The first-order chi connectivity index (χ1) is 15.7. The second-order valence-corrected chi connectivity index (χ2v) is 10.4. The molecule has 3 saturated carbocycles. The number of hydrogen-bond acceptors (Lipinski definition) is 3. The molecule has 0 amide bonds. The Morgan fingerprint density at radius 3 is 2.28 bits per heavy atom. The molecule has 6 rings (SSSR count). The molecule has 0 heterocycles. The lowest BCUT2D eigenvalue weighted by Crippen LogP contribution is -2.27. The first-order valence-corrected chi connectivity index (χ1v) is 12.2. The number of anilines is 2. The van der Waals surface area contributed by atoms with E-state index in [-0.39, 0.29) is 6.10 Å². The van der Waals surface area contributed by atoms with Crippen LogP contribution in [0, 0.1) is 23.2 Å². The summed E-state index contributed by atoms with van der Waals surface area (Å²) in [5.74, 6) is 2.44. The lowest BCUT2D eigenvalue weighted by atomic mass is 9.77. The molecule has 0 N–H and O–H groups in total. The van der Waals surface area contributed by atoms with E-state index in [0.29, 0.717) is 18.3 Å². The Labute approximate surface area is 191 Å². The topological polar surface area (TPSA) is 21.7 Å². The van der Waals surface area contributed by atoms with Crippen LogP contribution in [0.1, 0.15) is 39.0 Å². The van der Waals surface area contributed by atoms with Crippen LogP contribution < -0.4 is 4.90 Å². The summed E-state index contributed by atoms with van der Waals surface area (Å²) in [5, 5.41) is 0. The molecule has 0 saturated heterocycles. The molecule has 4 aliphatic rings. The molecular formula is C29H33NO2. The van der Waals surface area contributed by atoms with Crippen LogP contribution in [0.15, 0.2) is 84.6 Å². The highest BCUT2D eigenvalue weighted by Crippen LogP contribution is 2.72. The summed E-state index contributed by atoms with van der Waals surface area (Å²) in [7, 11) is 0. The van der Waals surface area contributed by atoms with Gasteiger partial charge in [0, 0.05) is 17.1 Å². The fraction of sp³-hybridized carbons (Fsp3) is 0.448. The standard InChI is InChI=1S/C29H33NO2/c1-21-16-22-18-29(17-21)19-27(29)28(22)32-20-31-26-14-12-25(13-15-26)30(23-8-4-2-5-9-23)24-10-6-3-7-11-24/h2-14,21-22,26-28H,15-20H2,1H3. The van der Waals surface area contributed by atoms with E-state index in [0.717, 1.165) is 35.5 Å². The van der Waals surface area contributed by atoms with Crippen LogP contribution in [0.25, 0.3) is 0 Å². The maximum Gasteiger partial charge on any atom is 0.147 e. The zero-order chi connectivity index (χ0) is 21.5. The molecular weight excluding hydrogens is 394 g/mol.